The van der Waals surface area contributed by atoms with Crippen molar-refractivity contribution in [3.05, 3.63) is 0 Å². The van der Waals surface area contributed by atoms with Gasteiger partial charge in [-0.2, -0.15) is 0 Å². The highest BCUT2D eigenvalue weighted by molar-refractivity contribution is 5.82. The molecule has 0 atom stereocenters. The molecule has 0 aromatic rings. The average molecular weight is 213 g/mol. The second-order valence-corrected chi connectivity index (χ2v) is 5.08. The average Bonchev–Trinajstić information content (AvgIpc) is 2.61. The molecule has 1 aliphatic rings. The monoisotopic (exact) mass is 213 g/mol. The molecular weight excluding hydrogens is 190 g/mol. The lowest BCUT2D eigenvalue weighted by Gasteiger charge is -2.34. The molecule has 0 unspecified atom stereocenters. The Hall–Kier alpha value is -0.570. The molecule has 88 valence electrons. The van der Waals surface area contributed by atoms with Gasteiger partial charge in [0.2, 0.25) is 5.91 Å². The minimum Gasteiger partial charge on any atom is -0.395 e. The summed E-state index contributed by atoms with van der Waals surface area (Å²) in [6, 6.07) is 0.182. The van der Waals surface area contributed by atoms with Crippen LogP contribution < -0.4 is 0 Å². The molecule has 0 spiro atoms. The van der Waals surface area contributed by atoms with Crippen molar-refractivity contribution >= 4 is 5.91 Å². The van der Waals surface area contributed by atoms with Crippen LogP contribution >= 0.6 is 0 Å². The zero-order chi connectivity index (χ0) is 11.5. The van der Waals surface area contributed by atoms with Crippen molar-refractivity contribution < 1.29 is 9.90 Å². The molecule has 0 radical (unpaired) electrons. The van der Waals surface area contributed by atoms with E-state index in [2.05, 4.69) is 6.92 Å². The first-order valence-corrected chi connectivity index (χ1v) is 5.93. The van der Waals surface area contributed by atoms with Gasteiger partial charge in [-0.15, -0.1) is 0 Å². The lowest BCUT2D eigenvalue weighted by Crippen LogP contribution is -2.46. The Morgan fingerprint density at radius 3 is 2.33 bits per heavy atom. The maximum Gasteiger partial charge on any atom is 0.228 e. The van der Waals surface area contributed by atoms with Crippen molar-refractivity contribution in [2.75, 3.05) is 13.2 Å². The summed E-state index contributed by atoms with van der Waals surface area (Å²) in [5.41, 5.74) is -0.167. The van der Waals surface area contributed by atoms with Crippen LogP contribution in [0.2, 0.25) is 0 Å². The fourth-order valence-corrected chi connectivity index (χ4v) is 2.42. The van der Waals surface area contributed by atoms with Crippen LogP contribution in [0.25, 0.3) is 0 Å². The molecule has 3 heteroatoms. The molecule has 0 aromatic carbocycles. The van der Waals surface area contributed by atoms with E-state index in [0.29, 0.717) is 6.54 Å². The van der Waals surface area contributed by atoms with E-state index < -0.39 is 0 Å². The topological polar surface area (TPSA) is 40.5 Å². The molecule has 0 bridgehead atoms. The summed E-state index contributed by atoms with van der Waals surface area (Å²) in [5, 5.41) is 8.97. The first-order chi connectivity index (χ1) is 7.01. The maximum absolute atomic E-state index is 12.3. The molecule has 0 heterocycles. The number of aliphatic hydroxyl groups excluding tert-OH is 1. The smallest absolute Gasteiger partial charge is 0.228 e. The molecule has 15 heavy (non-hydrogen) atoms. The van der Waals surface area contributed by atoms with Gasteiger partial charge >= 0.3 is 0 Å². The zero-order valence-electron chi connectivity index (χ0n) is 10.1. The third kappa shape index (κ3) is 2.71. The SMILES string of the molecule is CC(C)N(CCO)C(=O)C1(C)CCCC1. The van der Waals surface area contributed by atoms with Gasteiger partial charge in [0.25, 0.3) is 0 Å². The standard InChI is InChI=1S/C12H23NO2/c1-10(2)13(8-9-14)11(15)12(3)6-4-5-7-12/h10,14H,4-9H2,1-3H3. The fraction of sp³-hybridized carbons (Fsp3) is 0.917. The number of rotatable bonds is 4. The summed E-state index contributed by atoms with van der Waals surface area (Å²) >= 11 is 0. The predicted molar refractivity (Wildman–Crippen MR) is 60.5 cm³/mol. The molecule has 0 saturated heterocycles. The van der Waals surface area contributed by atoms with Crippen LogP contribution in [0.3, 0.4) is 0 Å². The van der Waals surface area contributed by atoms with Gasteiger partial charge in [-0.05, 0) is 26.7 Å². The van der Waals surface area contributed by atoms with E-state index in [1.807, 2.05) is 18.7 Å². The van der Waals surface area contributed by atoms with Crippen molar-refractivity contribution in [2.24, 2.45) is 5.41 Å². The minimum atomic E-state index is -0.167. The molecule has 1 aliphatic carbocycles. The summed E-state index contributed by atoms with van der Waals surface area (Å²) in [6.45, 7) is 6.60. The van der Waals surface area contributed by atoms with E-state index in [-0.39, 0.29) is 24.0 Å². The van der Waals surface area contributed by atoms with Crippen molar-refractivity contribution in [3.8, 4) is 0 Å². The van der Waals surface area contributed by atoms with Crippen LogP contribution in [0.4, 0.5) is 0 Å². The second kappa shape index (κ2) is 4.97. The molecule has 1 saturated carbocycles. The number of nitrogens with zero attached hydrogens (tertiary/aromatic N) is 1. The highest BCUT2D eigenvalue weighted by atomic mass is 16.3. The van der Waals surface area contributed by atoms with Gasteiger partial charge in [-0.3, -0.25) is 4.79 Å². The molecule has 1 N–H and O–H groups in total. The lowest BCUT2D eigenvalue weighted by atomic mass is 9.86. The number of carbonyl (C=O) groups is 1. The Morgan fingerprint density at radius 1 is 1.40 bits per heavy atom. The minimum absolute atomic E-state index is 0.0556. The molecule has 1 rings (SSSR count). The van der Waals surface area contributed by atoms with Crippen LogP contribution in [0.15, 0.2) is 0 Å². The van der Waals surface area contributed by atoms with Crippen LogP contribution in [0.5, 0.6) is 0 Å². The van der Waals surface area contributed by atoms with Crippen LogP contribution in [0, 0.1) is 5.41 Å². The third-order valence-electron chi connectivity index (χ3n) is 3.45. The summed E-state index contributed by atoms with van der Waals surface area (Å²) in [5.74, 6) is 0.226. The number of carbonyl (C=O) groups excluding carboxylic acids is 1. The van der Waals surface area contributed by atoms with E-state index in [4.69, 9.17) is 5.11 Å². The van der Waals surface area contributed by atoms with Gasteiger partial charge in [-0.25, -0.2) is 0 Å². The Balaban J connectivity index is 2.70. The van der Waals surface area contributed by atoms with Crippen molar-refractivity contribution in [1.29, 1.82) is 0 Å². The van der Waals surface area contributed by atoms with Crippen molar-refractivity contribution in [3.63, 3.8) is 0 Å². The Morgan fingerprint density at radius 2 is 1.93 bits per heavy atom. The summed E-state index contributed by atoms with van der Waals surface area (Å²) < 4.78 is 0. The molecule has 1 fully saturated rings. The molecule has 0 aromatic heterocycles. The lowest BCUT2D eigenvalue weighted by molar-refractivity contribution is -0.143. The fourth-order valence-electron chi connectivity index (χ4n) is 2.42. The Bertz CT molecular complexity index is 220. The highest BCUT2D eigenvalue weighted by Gasteiger charge is 2.39. The summed E-state index contributed by atoms with van der Waals surface area (Å²) in [7, 11) is 0. The van der Waals surface area contributed by atoms with Crippen LogP contribution in [0.1, 0.15) is 46.5 Å². The normalized spacial score (nSPS) is 19.5. The first-order valence-electron chi connectivity index (χ1n) is 5.93. The summed E-state index contributed by atoms with van der Waals surface area (Å²) in [6.07, 6.45) is 4.32. The van der Waals surface area contributed by atoms with Gasteiger partial charge in [0.05, 0.1) is 6.61 Å². The largest absolute Gasteiger partial charge is 0.395 e. The van der Waals surface area contributed by atoms with E-state index in [1.54, 1.807) is 0 Å². The Kier molecular flexibility index (Phi) is 4.14. The van der Waals surface area contributed by atoms with Gasteiger partial charge in [-0.1, -0.05) is 19.8 Å². The third-order valence-corrected chi connectivity index (χ3v) is 3.45. The van der Waals surface area contributed by atoms with Crippen LogP contribution in [-0.2, 0) is 4.79 Å². The van der Waals surface area contributed by atoms with Crippen molar-refractivity contribution in [2.45, 2.75) is 52.5 Å². The molecule has 0 aliphatic heterocycles. The van der Waals surface area contributed by atoms with E-state index in [1.165, 1.54) is 0 Å². The molecular formula is C12H23NO2. The van der Waals surface area contributed by atoms with E-state index >= 15 is 0 Å². The molecule has 3 nitrogen and oxygen atoms in total. The van der Waals surface area contributed by atoms with Gasteiger partial charge < -0.3 is 10.0 Å². The van der Waals surface area contributed by atoms with Crippen LogP contribution in [-0.4, -0.2) is 35.1 Å². The Labute approximate surface area is 92.5 Å². The zero-order valence-corrected chi connectivity index (χ0v) is 10.1. The number of amides is 1. The van der Waals surface area contributed by atoms with Crippen molar-refractivity contribution in [1.82, 2.24) is 4.90 Å². The first kappa shape index (κ1) is 12.5. The number of aliphatic hydroxyl groups is 1. The van der Waals surface area contributed by atoms with Gasteiger partial charge in [0.1, 0.15) is 0 Å². The number of hydrogen-bond donors (Lipinski definition) is 1. The van der Waals surface area contributed by atoms with E-state index in [0.717, 1.165) is 25.7 Å². The van der Waals surface area contributed by atoms with E-state index in [9.17, 15) is 4.79 Å². The highest BCUT2D eigenvalue weighted by Crippen LogP contribution is 2.39. The maximum atomic E-state index is 12.3. The van der Waals surface area contributed by atoms with Gasteiger partial charge in [0.15, 0.2) is 0 Å². The predicted octanol–water partition coefficient (Wildman–Crippen LogP) is 1.80. The summed E-state index contributed by atoms with van der Waals surface area (Å²) in [4.78, 5) is 14.1. The number of hydrogen-bond acceptors (Lipinski definition) is 2. The van der Waals surface area contributed by atoms with Gasteiger partial charge in [0, 0.05) is 18.0 Å². The molecule has 1 amide bonds. The quantitative estimate of drug-likeness (QED) is 0.773. The second-order valence-electron chi connectivity index (χ2n) is 5.08.